The largest absolute Gasteiger partial charge is 0.490 e. The van der Waals surface area contributed by atoms with Crippen LogP contribution >= 0.6 is 24.0 Å². The standard InChI is InChI=1S/C30H30N2O4S2/c1-4-35-26-16-22(17-27-29(34)32(30(37)38-27)18-21-10-6-5-7-11-21)14-15-25(26)36-19-28(33)31-24-13-9-8-12-23(24)20(2)3/h5-17,20H,4,18-19H2,1-3H3,(H,31,33)/b27-17-. The fourth-order valence-corrected chi connectivity index (χ4v) is 5.25. The average Bonchev–Trinajstić information content (AvgIpc) is 3.16. The van der Waals surface area contributed by atoms with Crippen molar-refractivity contribution < 1.29 is 19.1 Å². The van der Waals surface area contributed by atoms with E-state index in [4.69, 9.17) is 21.7 Å². The fourth-order valence-electron chi connectivity index (χ4n) is 4.00. The van der Waals surface area contributed by atoms with E-state index >= 15 is 0 Å². The van der Waals surface area contributed by atoms with Crippen LogP contribution in [0.25, 0.3) is 6.08 Å². The molecule has 6 nitrogen and oxygen atoms in total. The van der Waals surface area contributed by atoms with Crippen molar-refractivity contribution in [1.29, 1.82) is 0 Å². The highest BCUT2D eigenvalue weighted by atomic mass is 32.2. The summed E-state index contributed by atoms with van der Waals surface area (Å²) in [5.74, 6) is 0.847. The van der Waals surface area contributed by atoms with Crippen molar-refractivity contribution in [3.8, 4) is 11.5 Å². The number of thioether (sulfide) groups is 1. The number of hydrogen-bond donors (Lipinski definition) is 1. The number of nitrogens with one attached hydrogen (secondary N) is 1. The Morgan fingerprint density at radius 2 is 1.76 bits per heavy atom. The molecule has 0 spiro atoms. The highest BCUT2D eigenvalue weighted by molar-refractivity contribution is 8.26. The second-order valence-corrected chi connectivity index (χ2v) is 10.6. The van der Waals surface area contributed by atoms with Gasteiger partial charge in [-0.1, -0.05) is 92.4 Å². The van der Waals surface area contributed by atoms with Crippen LogP contribution in [0.2, 0.25) is 0 Å². The van der Waals surface area contributed by atoms with E-state index < -0.39 is 0 Å². The van der Waals surface area contributed by atoms with E-state index in [-0.39, 0.29) is 24.3 Å². The lowest BCUT2D eigenvalue weighted by molar-refractivity contribution is -0.122. The Hall–Kier alpha value is -3.62. The molecular formula is C30H30N2O4S2. The summed E-state index contributed by atoms with van der Waals surface area (Å²) in [6, 6.07) is 22.9. The van der Waals surface area contributed by atoms with Gasteiger partial charge >= 0.3 is 0 Å². The van der Waals surface area contributed by atoms with Gasteiger partial charge in [0.05, 0.1) is 18.1 Å². The van der Waals surface area contributed by atoms with Crippen LogP contribution in [0.15, 0.2) is 77.7 Å². The molecule has 8 heteroatoms. The van der Waals surface area contributed by atoms with Crippen LogP contribution in [0.4, 0.5) is 5.69 Å². The van der Waals surface area contributed by atoms with E-state index in [9.17, 15) is 9.59 Å². The highest BCUT2D eigenvalue weighted by Gasteiger charge is 2.32. The third-order valence-corrected chi connectivity index (χ3v) is 7.22. The zero-order valence-corrected chi connectivity index (χ0v) is 23.2. The number of ether oxygens (including phenoxy) is 2. The minimum atomic E-state index is -0.258. The number of rotatable bonds is 10. The van der Waals surface area contributed by atoms with E-state index in [0.717, 1.165) is 22.4 Å². The SMILES string of the molecule is CCOc1cc(/C=C2\SC(=S)N(Cc3ccccc3)C2=O)ccc1OCC(=O)Nc1ccccc1C(C)C. The molecule has 1 N–H and O–H groups in total. The molecule has 196 valence electrons. The monoisotopic (exact) mass is 546 g/mol. The summed E-state index contributed by atoms with van der Waals surface area (Å²) in [4.78, 5) is 27.8. The van der Waals surface area contributed by atoms with Crippen LogP contribution in [0.5, 0.6) is 11.5 Å². The number of nitrogens with zero attached hydrogens (tertiary/aromatic N) is 1. The summed E-state index contributed by atoms with van der Waals surface area (Å²) in [6.07, 6.45) is 1.80. The Bertz CT molecular complexity index is 1360. The predicted octanol–water partition coefficient (Wildman–Crippen LogP) is 6.63. The summed E-state index contributed by atoms with van der Waals surface area (Å²) >= 11 is 6.75. The number of anilines is 1. The van der Waals surface area contributed by atoms with Gasteiger partial charge in [0.1, 0.15) is 4.32 Å². The number of hydrogen-bond acceptors (Lipinski definition) is 6. The van der Waals surface area contributed by atoms with Crippen molar-refractivity contribution in [3.05, 3.63) is 94.4 Å². The van der Waals surface area contributed by atoms with Gasteiger partial charge in [0.25, 0.3) is 11.8 Å². The summed E-state index contributed by atoms with van der Waals surface area (Å²) in [5, 5.41) is 2.93. The molecule has 0 aromatic heterocycles. The van der Waals surface area contributed by atoms with Crippen LogP contribution in [0.1, 0.15) is 43.4 Å². The molecule has 0 bridgehead atoms. The Morgan fingerprint density at radius 1 is 1.03 bits per heavy atom. The zero-order valence-electron chi connectivity index (χ0n) is 21.6. The Kier molecular flexibility index (Phi) is 9.20. The number of thiocarbonyl (C=S) groups is 1. The Balaban J connectivity index is 1.44. The molecule has 1 heterocycles. The number of carbonyl (C=O) groups is 2. The van der Waals surface area contributed by atoms with Crippen LogP contribution in [-0.2, 0) is 16.1 Å². The van der Waals surface area contributed by atoms with E-state index in [0.29, 0.717) is 33.9 Å². The first kappa shape index (κ1) is 27.4. The zero-order chi connectivity index (χ0) is 27.1. The van der Waals surface area contributed by atoms with E-state index in [2.05, 4.69) is 19.2 Å². The second-order valence-electron chi connectivity index (χ2n) is 8.97. The third kappa shape index (κ3) is 6.82. The molecule has 2 amide bonds. The lowest BCUT2D eigenvalue weighted by Crippen LogP contribution is -2.27. The highest BCUT2D eigenvalue weighted by Crippen LogP contribution is 2.35. The van der Waals surface area contributed by atoms with Gasteiger partial charge in [-0.05, 0) is 53.8 Å². The summed E-state index contributed by atoms with van der Waals surface area (Å²) < 4.78 is 12.1. The molecule has 0 aliphatic carbocycles. The maximum atomic E-state index is 13.0. The second kappa shape index (κ2) is 12.8. The summed E-state index contributed by atoms with van der Waals surface area (Å²) in [6.45, 7) is 6.73. The Labute approximate surface area is 233 Å². The maximum Gasteiger partial charge on any atom is 0.266 e. The molecule has 0 saturated carbocycles. The molecular weight excluding hydrogens is 516 g/mol. The topological polar surface area (TPSA) is 67.9 Å². The summed E-state index contributed by atoms with van der Waals surface area (Å²) in [5.41, 5.74) is 3.63. The van der Waals surface area contributed by atoms with Gasteiger partial charge in [-0.25, -0.2) is 0 Å². The molecule has 0 atom stereocenters. The molecule has 4 rings (SSSR count). The van der Waals surface area contributed by atoms with Gasteiger partial charge in [-0.3, -0.25) is 14.5 Å². The number of amides is 2. The predicted molar refractivity (Wildman–Crippen MR) is 157 cm³/mol. The van der Waals surface area contributed by atoms with Gasteiger partial charge < -0.3 is 14.8 Å². The first-order valence-electron chi connectivity index (χ1n) is 12.4. The number of para-hydroxylation sites is 1. The normalized spacial score (nSPS) is 14.3. The van der Waals surface area contributed by atoms with Crippen molar-refractivity contribution >= 4 is 51.9 Å². The minimum Gasteiger partial charge on any atom is -0.490 e. The molecule has 1 fully saturated rings. The third-order valence-electron chi connectivity index (χ3n) is 5.84. The molecule has 0 unspecified atom stereocenters. The van der Waals surface area contributed by atoms with Crippen molar-refractivity contribution in [2.45, 2.75) is 33.2 Å². The smallest absolute Gasteiger partial charge is 0.266 e. The van der Waals surface area contributed by atoms with Gasteiger partial charge in [0.2, 0.25) is 0 Å². The van der Waals surface area contributed by atoms with Gasteiger partial charge in [0.15, 0.2) is 18.1 Å². The lowest BCUT2D eigenvalue weighted by Gasteiger charge is -2.15. The van der Waals surface area contributed by atoms with E-state index in [1.54, 1.807) is 23.1 Å². The van der Waals surface area contributed by atoms with Crippen molar-refractivity contribution in [2.24, 2.45) is 0 Å². The van der Waals surface area contributed by atoms with Crippen molar-refractivity contribution in [2.75, 3.05) is 18.5 Å². The minimum absolute atomic E-state index is 0.125. The quantitative estimate of drug-likeness (QED) is 0.228. The van der Waals surface area contributed by atoms with Gasteiger partial charge in [-0.15, -0.1) is 0 Å². The number of benzene rings is 3. The van der Waals surface area contributed by atoms with Crippen molar-refractivity contribution in [3.63, 3.8) is 0 Å². The first-order valence-corrected chi connectivity index (χ1v) is 13.7. The fraction of sp³-hybridized carbons (Fsp3) is 0.233. The summed E-state index contributed by atoms with van der Waals surface area (Å²) in [7, 11) is 0. The van der Waals surface area contributed by atoms with Gasteiger partial charge in [0, 0.05) is 5.69 Å². The van der Waals surface area contributed by atoms with Crippen LogP contribution in [0.3, 0.4) is 0 Å². The van der Waals surface area contributed by atoms with E-state index in [1.807, 2.05) is 67.6 Å². The molecule has 1 saturated heterocycles. The lowest BCUT2D eigenvalue weighted by atomic mass is 10.0. The van der Waals surface area contributed by atoms with Crippen molar-refractivity contribution in [1.82, 2.24) is 4.90 Å². The molecule has 3 aromatic carbocycles. The van der Waals surface area contributed by atoms with E-state index in [1.165, 1.54) is 11.8 Å². The molecule has 38 heavy (non-hydrogen) atoms. The molecule has 0 radical (unpaired) electrons. The van der Waals surface area contributed by atoms with Crippen LogP contribution in [0, 0.1) is 0 Å². The number of carbonyl (C=O) groups excluding carboxylic acids is 2. The molecule has 1 aliphatic rings. The maximum absolute atomic E-state index is 13.0. The van der Waals surface area contributed by atoms with Crippen LogP contribution < -0.4 is 14.8 Å². The Morgan fingerprint density at radius 3 is 2.50 bits per heavy atom. The van der Waals surface area contributed by atoms with Gasteiger partial charge in [-0.2, -0.15) is 0 Å². The first-order chi connectivity index (χ1) is 18.4. The molecule has 1 aliphatic heterocycles. The average molecular weight is 547 g/mol. The molecule has 3 aromatic rings. The van der Waals surface area contributed by atoms with Crippen LogP contribution in [-0.4, -0.2) is 34.2 Å².